The van der Waals surface area contributed by atoms with E-state index in [4.69, 9.17) is 10.2 Å². The Morgan fingerprint density at radius 1 is 0.690 bits per heavy atom. The summed E-state index contributed by atoms with van der Waals surface area (Å²) in [7, 11) is 0. The van der Waals surface area contributed by atoms with Gasteiger partial charge >= 0.3 is 11.9 Å². The molecule has 29 heavy (non-hydrogen) atoms. The number of Topliss-reactive ketones (excluding diaryl/α,β-unsaturated/α-hetero) is 2. The van der Waals surface area contributed by atoms with Crippen molar-refractivity contribution < 1.29 is 34.5 Å². The van der Waals surface area contributed by atoms with Crippen LogP contribution in [0, 0.1) is 0 Å². The van der Waals surface area contributed by atoms with Crippen molar-refractivity contribution in [2.75, 3.05) is 6.61 Å². The van der Waals surface area contributed by atoms with E-state index in [2.05, 4.69) is 0 Å². The van der Waals surface area contributed by atoms with Crippen LogP contribution in [0.4, 0.5) is 0 Å². The second kappa shape index (κ2) is 8.36. The summed E-state index contributed by atoms with van der Waals surface area (Å²) in [5.74, 6) is -3.07. The molecule has 0 fully saturated rings. The van der Waals surface area contributed by atoms with Crippen LogP contribution in [0.1, 0.15) is 63.4 Å². The Labute approximate surface area is 166 Å². The molecular weight excluding hydrogens is 376 g/mol. The summed E-state index contributed by atoms with van der Waals surface area (Å²) >= 11 is 0. The number of carbonyl (C=O) groups is 4. The molecule has 0 atom stereocenters. The van der Waals surface area contributed by atoms with Gasteiger partial charge in [0.2, 0.25) is 0 Å². The van der Waals surface area contributed by atoms with Gasteiger partial charge in [0.25, 0.3) is 0 Å². The number of aliphatic hydroxyl groups is 1. The average molecular weight is 396 g/mol. The number of carbonyl (C=O) groups excluding carboxylic acids is 2. The molecule has 1 aliphatic rings. The third-order valence-electron chi connectivity index (χ3n) is 5.10. The van der Waals surface area contributed by atoms with Crippen molar-refractivity contribution in [2.24, 2.45) is 0 Å². The molecule has 0 saturated heterocycles. The molecule has 0 unspecified atom stereocenters. The quantitative estimate of drug-likeness (QED) is 0.556. The highest BCUT2D eigenvalue weighted by Gasteiger charge is 2.30. The third-order valence-corrected chi connectivity index (χ3v) is 5.10. The molecule has 0 heterocycles. The van der Waals surface area contributed by atoms with E-state index < -0.39 is 17.9 Å². The molecule has 0 saturated carbocycles. The first kappa shape index (κ1) is 20.4. The molecule has 150 valence electrons. The largest absolute Gasteiger partial charge is 0.481 e. The van der Waals surface area contributed by atoms with Crippen molar-refractivity contribution in [3.8, 4) is 11.1 Å². The van der Waals surface area contributed by atoms with E-state index in [9.17, 15) is 24.3 Å². The van der Waals surface area contributed by atoms with Crippen LogP contribution in [0.15, 0.2) is 36.4 Å². The molecule has 0 radical (unpaired) electrons. The van der Waals surface area contributed by atoms with E-state index in [-0.39, 0.29) is 43.9 Å². The van der Waals surface area contributed by atoms with E-state index in [0.717, 1.165) is 22.3 Å². The number of carboxylic acids is 2. The highest BCUT2D eigenvalue weighted by Crippen LogP contribution is 2.45. The number of aliphatic hydroxyl groups excluding tert-OH is 1. The van der Waals surface area contributed by atoms with Gasteiger partial charge in [0.05, 0.1) is 19.4 Å². The first-order valence-corrected chi connectivity index (χ1v) is 9.21. The number of ketones is 2. The summed E-state index contributed by atoms with van der Waals surface area (Å²) in [5.41, 5.74) is 3.96. The summed E-state index contributed by atoms with van der Waals surface area (Å²) in [6.07, 6.45) is -0.705. The zero-order valence-corrected chi connectivity index (χ0v) is 15.6. The maximum atomic E-state index is 12.3. The molecule has 1 aliphatic carbocycles. The molecular formula is C22H20O7. The van der Waals surface area contributed by atoms with Crippen molar-refractivity contribution in [1.29, 1.82) is 0 Å². The standard InChI is InChI=1S/C22H20O7/c23-11-18-16-9-12(19(24)5-7-21(26)27)1-3-14(16)15-4-2-13(10-17(15)18)20(25)6-8-22(28)29/h1-4,9-10,18,23H,5-8,11H2,(H,26,27)(H,28,29). The van der Waals surface area contributed by atoms with Gasteiger partial charge in [0.15, 0.2) is 11.6 Å². The second-order valence-electron chi connectivity index (χ2n) is 6.97. The van der Waals surface area contributed by atoms with Crippen molar-refractivity contribution in [2.45, 2.75) is 31.6 Å². The van der Waals surface area contributed by atoms with Crippen LogP contribution in [-0.2, 0) is 9.59 Å². The fourth-order valence-electron chi connectivity index (χ4n) is 3.63. The summed E-state index contributed by atoms with van der Waals surface area (Å²) in [4.78, 5) is 45.9. The lowest BCUT2D eigenvalue weighted by atomic mass is 9.93. The van der Waals surface area contributed by atoms with Crippen molar-refractivity contribution in [3.63, 3.8) is 0 Å². The Balaban J connectivity index is 1.91. The SMILES string of the molecule is O=C(O)CCC(=O)c1ccc2c(c1)C(CO)c1cc(C(=O)CCC(=O)O)ccc1-2. The Kier molecular flexibility index (Phi) is 5.89. The highest BCUT2D eigenvalue weighted by molar-refractivity contribution is 6.00. The van der Waals surface area contributed by atoms with Crippen molar-refractivity contribution in [3.05, 3.63) is 58.7 Å². The normalized spacial score (nSPS) is 12.3. The zero-order chi connectivity index (χ0) is 21.1. The van der Waals surface area contributed by atoms with E-state index in [0.29, 0.717) is 11.1 Å². The van der Waals surface area contributed by atoms with Crippen LogP contribution < -0.4 is 0 Å². The van der Waals surface area contributed by atoms with Gasteiger partial charge < -0.3 is 15.3 Å². The first-order valence-electron chi connectivity index (χ1n) is 9.21. The predicted molar refractivity (Wildman–Crippen MR) is 103 cm³/mol. The van der Waals surface area contributed by atoms with Crippen molar-refractivity contribution in [1.82, 2.24) is 0 Å². The molecule has 0 aromatic heterocycles. The smallest absolute Gasteiger partial charge is 0.303 e. The Morgan fingerprint density at radius 3 is 1.45 bits per heavy atom. The molecule has 2 aromatic carbocycles. The fraction of sp³-hybridized carbons (Fsp3) is 0.273. The van der Waals surface area contributed by atoms with Crippen LogP contribution in [-0.4, -0.2) is 45.4 Å². The monoisotopic (exact) mass is 396 g/mol. The molecule has 0 spiro atoms. The van der Waals surface area contributed by atoms with E-state index in [1.165, 1.54) is 0 Å². The fourth-order valence-corrected chi connectivity index (χ4v) is 3.63. The lowest BCUT2D eigenvalue weighted by Gasteiger charge is -2.11. The molecule has 7 nitrogen and oxygen atoms in total. The Bertz CT molecular complexity index is 927. The minimum absolute atomic E-state index is 0.104. The number of fused-ring (bicyclic) bond motifs is 3. The molecule has 2 aromatic rings. The molecule has 0 bridgehead atoms. The predicted octanol–water partition coefficient (Wildman–Crippen LogP) is 2.89. The van der Waals surface area contributed by atoms with Gasteiger partial charge in [0.1, 0.15) is 0 Å². The Hall–Kier alpha value is -3.32. The summed E-state index contributed by atoms with van der Waals surface area (Å²) < 4.78 is 0. The lowest BCUT2D eigenvalue weighted by molar-refractivity contribution is -0.137. The number of hydrogen-bond donors (Lipinski definition) is 3. The van der Waals surface area contributed by atoms with Gasteiger partial charge in [0, 0.05) is 29.9 Å². The topological polar surface area (TPSA) is 129 Å². The molecule has 3 N–H and O–H groups in total. The minimum Gasteiger partial charge on any atom is -0.481 e. The van der Waals surface area contributed by atoms with Gasteiger partial charge in [-0.1, -0.05) is 24.3 Å². The lowest BCUT2D eigenvalue weighted by Crippen LogP contribution is -2.07. The summed E-state index contributed by atoms with van der Waals surface area (Å²) in [5, 5.41) is 27.5. The number of aliphatic carboxylic acids is 2. The van der Waals surface area contributed by atoms with E-state index in [1.54, 1.807) is 36.4 Å². The van der Waals surface area contributed by atoms with Gasteiger partial charge in [-0.2, -0.15) is 0 Å². The second-order valence-corrected chi connectivity index (χ2v) is 6.97. The number of hydrogen-bond acceptors (Lipinski definition) is 5. The van der Waals surface area contributed by atoms with Crippen LogP contribution in [0.2, 0.25) is 0 Å². The number of benzene rings is 2. The Morgan fingerprint density at radius 2 is 1.10 bits per heavy atom. The average Bonchev–Trinajstić information content (AvgIpc) is 3.01. The summed E-state index contributed by atoms with van der Waals surface area (Å²) in [6.45, 7) is -0.223. The van der Waals surface area contributed by atoms with Crippen LogP contribution in [0.3, 0.4) is 0 Å². The molecule has 7 heteroatoms. The molecule has 0 amide bonds. The number of rotatable bonds is 9. The maximum absolute atomic E-state index is 12.3. The first-order chi connectivity index (χ1) is 13.8. The zero-order valence-electron chi connectivity index (χ0n) is 15.6. The van der Waals surface area contributed by atoms with Crippen LogP contribution in [0.25, 0.3) is 11.1 Å². The van der Waals surface area contributed by atoms with Crippen LogP contribution >= 0.6 is 0 Å². The highest BCUT2D eigenvalue weighted by atomic mass is 16.4. The molecule has 3 rings (SSSR count). The third kappa shape index (κ3) is 4.25. The summed E-state index contributed by atoms with van der Waals surface area (Å²) in [6, 6.07) is 10.2. The maximum Gasteiger partial charge on any atom is 0.303 e. The van der Waals surface area contributed by atoms with Crippen molar-refractivity contribution >= 4 is 23.5 Å². The minimum atomic E-state index is -1.04. The van der Waals surface area contributed by atoms with E-state index >= 15 is 0 Å². The van der Waals surface area contributed by atoms with Crippen LogP contribution in [0.5, 0.6) is 0 Å². The van der Waals surface area contributed by atoms with Gasteiger partial charge in [-0.15, -0.1) is 0 Å². The number of carboxylic acid groups (broad SMARTS) is 2. The van der Waals surface area contributed by atoms with Gasteiger partial charge in [-0.25, -0.2) is 0 Å². The van der Waals surface area contributed by atoms with E-state index in [1.807, 2.05) is 0 Å². The molecule has 0 aliphatic heterocycles. The van der Waals surface area contributed by atoms with Gasteiger partial charge in [-0.3, -0.25) is 19.2 Å². The van der Waals surface area contributed by atoms with Gasteiger partial charge in [-0.05, 0) is 34.4 Å².